The molecule has 1 aromatic carbocycles. The van der Waals surface area contributed by atoms with Crippen LogP contribution in [0.4, 0.5) is 0 Å². The van der Waals surface area contributed by atoms with Crippen molar-refractivity contribution in [3.05, 3.63) is 42.5 Å². The summed E-state index contributed by atoms with van der Waals surface area (Å²) in [5.41, 5.74) is 0.465. The van der Waals surface area contributed by atoms with Gasteiger partial charge in [-0.25, -0.2) is 9.67 Å². The topological polar surface area (TPSA) is 69.0 Å². The Kier molecular flexibility index (Phi) is 5.36. The van der Waals surface area contributed by atoms with Crippen LogP contribution in [0.25, 0.3) is 0 Å². The monoisotopic (exact) mass is 316 g/mol. The molecule has 1 heterocycles. The van der Waals surface area contributed by atoms with Crippen LogP contribution in [0.2, 0.25) is 0 Å². The fourth-order valence-corrected chi connectivity index (χ4v) is 2.25. The van der Waals surface area contributed by atoms with Gasteiger partial charge < -0.3 is 10.1 Å². The van der Waals surface area contributed by atoms with Gasteiger partial charge >= 0.3 is 0 Å². The molecule has 2 aromatic rings. The molecule has 6 heteroatoms. The van der Waals surface area contributed by atoms with E-state index in [2.05, 4.69) is 15.4 Å². The second-order valence-electron chi connectivity index (χ2n) is 6.16. The third-order valence-corrected chi connectivity index (χ3v) is 3.95. The predicted molar refractivity (Wildman–Crippen MR) is 88.3 cm³/mol. The summed E-state index contributed by atoms with van der Waals surface area (Å²) in [5, 5.41) is 7.11. The SMILES string of the molecule is COc1ccc(CC[C@H](C)NC(=O)C(C)(C)n2cncn2)cc1. The van der Waals surface area contributed by atoms with Crippen molar-refractivity contribution in [2.75, 3.05) is 7.11 Å². The van der Waals surface area contributed by atoms with E-state index < -0.39 is 5.54 Å². The van der Waals surface area contributed by atoms with Crippen molar-refractivity contribution < 1.29 is 9.53 Å². The third-order valence-electron chi connectivity index (χ3n) is 3.95. The number of carbonyl (C=O) groups excluding carboxylic acids is 1. The molecule has 0 radical (unpaired) electrons. The van der Waals surface area contributed by atoms with E-state index in [1.54, 1.807) is 18.1 Å². The number of aromatic nitrogens is 3. The number of nitrogens with one attached hydrogen (secondary N) is 1. The Hall–Kier alpha value is -2.37. The van der Waals surface area contributed by atoms with Crippen LogP contribution in [0.5, 0.6) is 5.75 Å². The van der Waals surface area contributed by atoms with E-state index in [4.69, 9.17) is 4.74 Å². The number of carbonyl (C=O) groups is 1. The summed E-state index contributed by atoms with van der Waals surface area (Å²) < 4.78 is 6.72. The van der Waals surface area contributed by atoms with Gasteiger partial charge in [0.25, 0.3) is 0 Å². The molecular weight excluding hydrogens is 292 g/mol. The average Bonchev–Trinajstić information content (AvgIpc) is 3.08. The van der Waals surface area contributed by atoms with Gasteiger partial charge in [0.05, 0.1) is 7.11 Å². The number of aryl methyl sites for hydroxylation is 1. The van der Waals surface area contributed by atoms with E-state index in [1.807, 2.05) is 45.0 Å². The molecule has 0 aliphatic rings. The van der Waals surface area contributed by atoms with Crippen molar-refractivity contribution in [2.45, 2.75) is 45.2 Å². The first-order valence-electron chi connectivity index (χ1n) is 7.72. The van der Waals surface area contributed by atoms with Crippen molar-refractivity contribution in [3.63, 3.8) is 0 Å². The number of amides is 1. The van der Waals surface area contributed by atoms with Crippen molar-refractivity contribution >= 4 is 5.91 Å². The second kappa shape index (κ2) is 7.26. The molecule has 6 nitrogen and oxygen atoms in total. The van der Waals surface area contributed by atoms with Crippen molar-refractivity contribution in [2.24, 2.45) is 0 Å². The normalized spacial score (nSPS) is 12.7. The minimum absolute atomic E-state index is 0.0646. The number of methoxy groups -OCH3 is 1. The smallest absolute Gasteiger partial charge is 0.247 e. The second-order valence-corrected chi connectivity index (χ2v) is 6.16. The van der Waals surface area contributed by atoms with Crippen LogP contribution in [0.15, 0.2) is 36.9 Å². The lowest BCUT2D eigenvalue weighted by atomic mass is 10.0. The molecule has 0 unspecified atom stereocenters. The lowest BCUT2D eigenvalue weighted by molar-refractivity contribution is -0.129. The molecule has 0 saturated heterocycles. The lowest BCUT2D eigenvalue weighted by Gasteiger charge is -2.26. The van der Waals surface area contributed by atoms with Gasteiger partial charge in [-0.2, -0.15) is 5.10 Å². The summed E-state index contributed by atoms with van der Waals surface area (Å²) in [7, 11) is 1.66. The fourth-order valence-electron chi connectivity index (χ4n) is 2.25. The molecule has 0 bridgehead atoms. The Labute approximate surface area is 136 Å². The van der Waals surface area contributed by atoms with Crippen LogP contribution in [-0.4, -0.2) is 33.8 Å². The van der Waals surface area contributed by atoms with Crippen molar-refractivity contribution in [1.29, 1.82) is 0 Å². The average molecular weight is 316 g/mol. The van der Waals surface area contributed by atoms with Crippen LogP contribution in [0, 0.1) is 0 Å². The van der Waals surface area contributed by atoms with Gasteiger partial charge in [0.1, 0.15) is 23.9 Å². The molecule has 0 saturated carbocycles. The highest BCUT2D eigenvalue weighted by molar-refractivity contribution is 5.83. The van der Waals surface area contributed by atoms with Gasteiger partial charge in [0, 0.05) is 6.04 Å². The maximum atomic E-state index is 12.5. The summed E-state index contributed by atoms with van der Waals surface area (Å²) in [6, 6.07) is 8.07. The number of rotatable bonds is 7. The number of benzene rings is 1. The molecule has 0 aliphatic carbocycles. The molecule has 1 aromatic heterocycles. The maximum Gasteiger partial charge on any atom is 0.247 e. The number of ether oxygens (including phenoxy) is 1. The molecule has 1 amide bonds. The molecular formula is C17H24N4O2. The zero-order chi connectivity index (χ0) is 16.9. The lowest BCUT2D eigenvalue weighted by Crippen LogP contribution is -2.47. The first kappa shape index (κ1) is 17.0. The van der Waals surface area contributed by atoms with Gasteiger partial charge in [0.2, 0.25) is 5.91 Å². The number of nitrogens with zero attached hydrogens (tertiary/aromatic N) is 3. The number of hydrogen-bond donors (Lipinski definition) is 1. The van der Waals surface area contributed by atoms with Gasteiger partial charge in [-0.15, -0.1) is 0 Å². The highest BCUT2D eigenvalue weighted by atomic mass is 16.5. The first-order chi connectivity index (χ1) is 10.9. The standard InChI is InChI=1S/C17H24N4O2/c1-13(5-6-14-7-9-15(23-4)10-8-14)20-16(22)17(2,3)21-12-18-11-19-21/h7-13H,5-6H2,1-4H3,(H,20,22)/t13-/m0/s1. The third kappa shape index (κ3) is 4.31. The molecule has 0 spiro atoms. The Bertz CT molecular complexity index is 621. The molecule has 1 atom stereocenters. The van der Waals surface area contributed by atoms with Crippen molar-refractivity contribution in [1.82, 2.24) is 20.1 Å². The van der Waals surface area contributed by atoms with Crippen LogP contribution < -0.4 is 10.1 Å². The van der Waals surface area contributed by atoms with E-state index in [-0.39, 0.29) is 11.9 Å². The molecule has 2 rings (SSSR count). The van der Waals surface area contributed by atoms with Crippen LogP contribution in [0.3, 0.4) is 0 Å². The summed E-state index contributed by atoms with van der Waals surface area (Å²) >= 11 is 0. The minimum Gasteiger partial charge on any atom is -0.497 e. The first-order valence-corrected chi connectivity index (χ1v) is 7.72. The fraction of sp³-hybridized carbons (Fsp3) is 0.471. The highest BCUT2D eigenvalue weighted by Gasteiger charge is 2.31. The summed E-state index contributed by atoms with van der Waals surface area (Å²) in [6.07, 6.45) is 4.75. The predicted octanol–water partition coefficient (Wildman–Crippen LogP) is 2.16. The number of hydrogen-bond acceptors (Lipinski definition) is 4. The van der Waals surface area contributed by atoms with Gasteiger partial charge in [-0.3, -0.25) is 4.79 Å². The maximum absolute atomic E-state index is 12.5. The Morgan fingerprint density at radius 3 is 2.61 bits per heavy atom. The summed E-state index contributed by atoms with van der Waals surface area (Å²) in [6.45, 7) is 5.67. The molecule has 1 N–H and O–H groups in total. The Morgan fingerprint density at radius 2 is 2.04 bits per heavy atom. The van der Waals surface area contributed by atoms with E-state index in [0.717, 1.165) is 18.6 Å². The van der Waals surface area contributed by atoms with Crippen LogP contribution >= 0.6 is 0 Å². The quantitative estimate of drug-likeness (QED) is 0.850. The zero-order valence-corrected chi connectivity index (χ0v) is 14.1. The van der Waals surface area contributed by atoms with E-state index >= 15 is 0 Å². The zero-order valence-electron chi connectivity index (χ0n) is 14.1. The Morgan fingerprint density at radius 1 is 1.35 bits per heavy atom. The Balaban J connectivity index is 1.86. The summed E-state index contributed by atoms with van der Waals surface area (Å²) in [5.74, 6) is 0.787. The summed E-state index contributed by atoms with van der Waals surface area (Å²) in [4.78, 5) is 16.4. The van der Waals surface area contributed by atoms with Crippen LogP contribution in [-0.2, 0) is 16.8 Å². The van der Waals surface area contributed by atoms with Gasteiger partial charge in [-0.1, -0.05) is 12.1 Å². The van der Waals surface area contributed by atoms with E-state index in [1.165, 1.54) is 11.9 Å². The van der Waals surface area contributed by atoms with E-state index in [0.29, 0.717) is 0 Å². The van der Waals surface area contributed by atoms with Gasteiger partial charge in [-0.05, 0) is 51.3 Å². The minimum atomic E-state index is -0.759. The molecule has 0 aliphatic heterocycles. The highest BCUT2D eigenvalue weighted by Crippen LogP contribution is 2.15. The van der Waals surface area contributed by atoms with Crippen LogP contribution in [0.1, 0.15) is 32.8 Å². The van der Waals surface area contributed by atoms with Crippen molar-refractivity contribution in [3.8, 4) is 5.75 Å². The van der Waals surface area contributed by atoms with Gasteiger partial charge in [0.15, 0.2) is 0 Å². The van der Waals surface area contributed by atoms with E-state index in [9.17, 15) is 4.79 Å². The molecule has 124 valence electrons. The molecule has 0 fully saturated rings. The molecule has 23 heavy (non-hydrogen) atoms. The largest absolute Gasteiger partial charge is 0.497 e.